The van der Waals surface area contributed by atoms with E-state index in [-0.39, 0.29) is 17.1 Å². The summed E-state index contributed by atoms with van der Waals surface area (Å²) in [6.07, 6.45) is 6.13. The third-order valence-electron chi connectivity index (χ3n) is 6.88. The molecule has 2 aliphatic rings. The molecule has 0 atom stereocenters. The highest BCUT2D eigenvalue weighted by atomic mass is 35.5. The third kappa shape index (κ3) is 4.46. The second-order valence-electron chi connectivity index (χ2n) is 8.96. The van der Waals surface area contributed by atoms with Gasteiger partial charge in [-0.1, -0.05) is 60.2 Å². The molecule has 5 heteroatoms. The van der Waals surface area contributed by atoms with Crippen LogP contribution < -0.4 is 4.90 Å². The molecule has 2 heterocycles. The first kappa shape index (κ1) is 21.9. The Bertz CT molecular complexity index is 1190. The van der Waals surface area contributed by atoms with E-state index in [1.165, 1.54) is 11.6 Å². The Kier molecular flexibility index (Phi) is 6.05. The zero-order valence-electron chi connectivity index (χ0n) is 18.4. The lowest BCUT2D eigenvalue weighted by molar-refractivity contribution is 0.0977. The van der Waals surface area contributed by atoms with Crippen LogP contribution in [0.25, 0.3) is 6.08 Å². The van der Waals surface area contributed by atoms with Crippen molar-refractivity contribution in [1.82, 2.24) is 4.90 Å². The fourth-order valence-electron chi connectivity index (χ4n) is 5.09. The molecular formula is C28H26ClFN2O. The summed E-state index contributed by atoms with van der Waals surface area (Å²) < 4.78 is 14.3. The van der Waals surface area contributed by atoms with Gasteiger partial charge in [-0.15, -0.1) is 0 Å². The number of carbonyl (C=O) groups excluding carboxylic acids is 1. The first-order chi connectivity index (χ1) is 16.0. The van der Waals surface area contributed by atoms with Gasteiger partial charge in [-0.25, -0.2) is 4.39 Å². The number of halogens is 2. The van der Waals surface area contributed by atoms with E-state index in [2.05, 4.69) is 29.2 Å². The Hall–Kier alpha value is -2.95. The van der Waals surface area contributed by atoms with E-state index in [0.717, 1.165) is 43.7 Å². The third-order valence-corrected chi connectivity index (χ3v) is 7.12. The minimum absolute atomic E-state index is 0.0875. The van der Waals surface area contributed by atoms with E-state index in [1.54, 1.807) is 36.4 Å². The Morgan fingerprint density at radius 3 is 2.55 bits per heavy atom. The number of carbonyl (C=O) groups is 1. The second-order valence-corrected chi connectivity index (χ2v) is 9.39. The van der Waals surface area contributed by atoms with E-state index in [9.17, 15) is 9.18 Å². The van der Waals surface area contributed by atoms with Gasteiger partial charge in [0.2, 0.25) is 0 Å². The highest BCUT2D eigenvalue weighted by Crippen LogP contribution is 2.47. The summed E-state index contributed by atoms with van der Waals surface area (Å²) in [7, 11) is 0. The number of hydrogen-bond acceptors (Lipinski definition) is 2. The number of nitrogens with zero attached hydrogens (tertiary/aromatic N) is 2. The number of likely N-dealkylation sites (tertiary alicyclic amines) is 1. The molecule has 3 aromatic carbocycles. The van der Waals surface area contributed by atoms with Crippen molar-refractivity contribution in [2.75, 3.05) is 31.1 Å². The average molecular weight is 461 g/mol. The number of fused-ring (bicyclic) bond motifs is 2. The van der Waals surface area contributed by atoms with Gasteiger partial charge in [0, 0.05) is 34.8 Å². The summed E-state index contributed by atoms with van der Waals surface area (Å²) in [5.41, 5.74) is 3.31. The fourth-order valence-corrected chi connectivity index (χ4v) is 5.28. The van der Waals surface area contributed by atoms with Crippen LogP contribution in [0.5, 0.6) is 0 Å². The lowest BCUT2D eigenvalue weighted by atomic mass is 9.74. The Labute approximate surface area is 199 Å². The molecule has 3 aromatic rings. The lowest BCUT2D eigenvalue weighted by Gasteiger charge is -2.39. The summed E-state index contributed by atoms with van der Waals surface area (Å²) in [6.45, 7) is 3.28. The summed E-state index contributed by atoms with van der Waals surface area (Å²) in [6, 6.07) is 22.1. The van der Waals surface area contributed by atoms with Gasteiger partial charge in [-0.2, -0.15) is 0 Å². The van der Waals surface area contributed by atoms with Crippen molar-refractivity contribution in [2.45, 2.75) is 18.3 Å². The molecule has 33 heavy (non-hydrogen) atoms. The molecule has 1 spiro atoms. The van der Waals surface area contributed by atoms with E-state index < -0.39 is 0 Å². The molecule has 3 nitrogen and oxygen atoms in total. The maximum absolute atomic E-state index is 14.3. The maximum atomic E-state index is 14.3. The van der Waals surface area contributed by atoms with Gasteiger partial charge in [0.05, 0.1) is 0 Å². The van der Waals surface area contributed by atoms with Crippen LogP contribution in [0.1, 0.15) is 34.3 Å². The van der Waals surface area contributed by atoms with Crippen LogP contribution >= 0.6 is 11.6 Å². The van der Waals surface area contributed by atoms with Gasteiger partial charge in [-0.05, 0) is 73.5 Å². The molecule has 0 bridgehead atoms. The molecule has 0 saturated carbocycles. The van der Waals surface area contributed by atoms with Crippen molar-refractivity contribution in [2.24, 2.45) is 0 Å². The number of hydrogen-bond donors (Lipinski definition) is 0. The van der Waals surface area contributed by atoms with Crippen molar-refractivity contribution in [3.05, 3.63) is 106 Å². The Morgan fingerprint density at radius 1 is 1.00 bits per heavy atom. The Balaban J connectivity index is 1.33. The van der Waals surface area contributed by atoms with E-state index >= 15 is 0 Å². The average Bonchev–Trinajstić information content (AvgIpc) is 3.14. The van der Waals surface area contributed by atoms with Crippen LogP contribution in [0.2, 0.25) is 5.02 Å². The fraction of sp³-hybridized carbons (Fsp3) is 0.250. The Morgan fingerprint density at radius 2 is 1.79 bits per heavy atom. The van der Waals surface area contributed by atoms with Crippen molar-refractivity contribution in [1.29, 1.82) is 0 Å². The highest BCUT2D eigenvalue weighted by molar-refractivity contribution is 6.31. The largest absolute Gasteiger partial charge is 0.307 e. The zero-order chi connectivity index (χ0) is 22.8. The number of anilines is 1. The zero-order valence-corrected chi connectivity index (χ0v) is 19.1. The quantitative estimate of drug-likeness (QED) is 0.463. The van der Waals surface area contributed by atoms with Crippen molar-refractivity contribution >= 4 is 29.3 Å². The van der Waals surface area contributed by atoms with Gasteiger partial charge in [0.15, 0.2) is 0 Å². The molecule has 0 radical (unpaired) electrons. The minimum Gasteiger partial charge on any atom is -0.307 e. The SMILES string of the molecule is O=C(c1cccc(Cl)c1)N1CC2(CCN(CC=Cc3ccccc3)CC2)c2cc(F)ccc21. The van der Waals surface area contributed by atoms with Gasteiger partial charge >= 0.3 is 0 Å². The van der Waals surface area contributed by atoms with Crippen molar-refractivity contribution in [3.63, 3.8) is 0 Å². The molecule has 0 N–H and O–H groups in total. The molecule has 1 fully saturated rings. The number of benzene rings is 3. The van der Waals surface area contributed by atoms with Crippen LogP contribution in [0.3, 0.4) is 0 Å². The van der Waals surface area contributed by atoms with Gasteiger partial charge < -0.3 is 4.90 Å². The van der Waals surface area contributed by atoms with Gasteiger partial charge in [0.1, 0.15) is 5.82 Å². The smallest absolute Gasteiger partial charge is 0.258 e. The monoisotopic (exact) mass is 460 g/mol. The van der Waals surface area contributed by atoms with E-state index in [4.69, 9.17) is 11.6 Å². The molecule has 2 aliphatic heterocycles. The van der Waals surface area contributed by atoms with Gasteiger partial charge in [0.25, 0.3) is 5.91 Å². The molecular weight excluding hydrogens is 435 g/mol. The molecule has 0 aliphatic carbocycles. The maximum Gasteiger partial charge on any atom is 0.258 e. The highest BCUT2D eigenvalue weighted by Gasteiger charge is 2.46. The molecule has 0 aromatic heterocycles. The number of piperidine rings is 1. The van der Waals surface area contributed by atoms with E-state index in [0.29, 0.717) is 17.1 Å². The number of amides is 1. The van der Waals surface area contributed by atoms with Gasteiger partial charge in [-0.3, -0.25) is 9.69 Å². The number of rotatable bonds is 4. The topological polar surface area (TPSA) is 23.6 Å². The minimum atomic E-state index is -0.251. The van der Waals surface area contributed by atoms with Crippen LogP contribution in [-0.4, -0.2) is 37.0 Å². The lowest BCUT2D eigenvalue weighted by Crippen LogP contribution is -2.46. The molecule has 0 unspecified atom stereocenters. The van der Waals surface area contributed by atoms with E-state index in [1.807, 2.05) is 23.1 Å². The first-order valence-electron chi connectivity index (χ1n) is 11.4. The summed E-state index contributed by atoms with van der Waals surface area (Å²) in [5.74, 6) is -0.339. The molecule has 5 rings (SSSR count). The molecule has 168 valence electrons. The van der Waals surface area contributed by atoms with Crippen molar-refractivity contribution < 1.29 is 9.18 Å². The van der Waals surface area contributed by atoms with Crippen LogP contribution in [-0.2, 0) is 5.41 Å². The predicted octanol–water partition coefficient (Wildman–Crippen LogP) is 6.19. The summed E-state index contributed by atoms with van der Waals surface area (Å²) in [5, 5.41) is 0.533. The molecule has 1 saturated heterocycles. The first-order valence-corrected chi connectivity index (χ1v) is 11.7. The second kappa shape index (κ2) is 9.12. The van der Waals surface area contributed by atoms with Crippen LogP contribution in [0.15, 0.2) is 78.9 Å². The molecule has 1 amide bonds. The summed E-state index contributed by atoms with van der Waals surface area (Å²) in [4.78, 5) is 17.6. The predicted molar refractivity (Wildman–Crippen MR) is 132 cm³/mol. The van der Waals surface area contributed by atoms with Crippen LogP contribution in [0.4, 0.5) is 10.1 Å². The standard InChI is InChI=1S/C28H26ClFN2O/c29-23-10-4-9-22(18-23)27(33)32-20-28(25-19-24(30)11-12-26(25)32)13-16-31(17-14-28)15-5-8-21-6-2-1-3-7-21/h1-12,18-19H,13-17,20H2. The summed E-state index contributed by atoms with van der Waals surface area (Å²) >= 11 is 6.12. The normalized spacial score (nSPS) is 17.6. The van der Waals surface area contributed by atoms with Crippen LogP contribution in [0, 0.1) is 5.82 Å². The van der Waals surface area contributed by atoms with Crippen molar-refractivity contribution in [3.8, 4) is 0 Å².